The number of aromatic nitrogens is 2. The van der Waals surface area contributed by atoms with Crippen LogP contribution in [0.15, 0.2) is 41.7 Å². The van der Waals surface area contributed by atoms with Gasteiger partial charge in [0, 0.05) is 5.69 Å². The van der Waals surface area contributed by atoms with E-state index in [-0.39, 0.29) is 29.7 Å². The molecule has 0 unspecified atom stereocenters. The minimum absolute atomic E-state index is 0. The highest BCUT2D eigenvalue weighted by atomic mass is 127. The number of benzene rings is 1. The van der Waals surface area contributed by atoms with Gasteiger partial charge < -0.3 is 11.1 Å². The third-order valence-corrected chi connectivity index (χ3v) is 2.77. The molecule has 0 radical (unpaired) electrons. The first-order chi connectivity index (χ1) is 10.0. The molecule has 0 saturated heterocycles. The molecule has 0 aliphatic heterocycles. The first-order valence-corrected chi connectivity index (χ1v) is 6.35. The minimum Gasteiger partial charge on any atom is -0.370 e. The Kier molecular flexibility index (Phi) is 6.76. The fraction of sp³-hybridized carbons (Fsp3) is 0.231. The average Bonchev–Trinajstić information content (AvgIpc) is 2.90. The van der Waals surface area contributed by atoms with Crippen molar-refractivity contribution in [2.24, 2.45) is 10.7 Å². The Labute approximate surface area is 144 Å². The van der Waals surface area contributed by atoms with E-state index in [1.807, 2.05) is 31.2 Å². The van der Waals surface area contributed by atoms with Crippen molar-refractivity contribution in [3.63, 3.8) is 0 Å². The zero-order valence-electron chi connectivity index (χ0n) is 12.0. The number of halogens is 1. The molecule has 8 nitrogen and oxygen atoms in total. The highest BCUT2D eigenvalue weighted by molar-refractivity contribution is 14.0. The Morgan fingerprint density at radius 2 is 2.14 bits per heavy atom. The molecule has 0 fully saturated rings. The first kappa shape index (κ1) is 17.9. The molecule has 1 heterocycles. The maximum Gasteiger partial charge on any atom is 0.306 e. The van der Waals surface area contributed by atoms with Gasteiger partial charge in [-0.2, -0.15) is 5.10 Å². The fourth-order valence-corrected chi connectivity index (χ4v) is 1.67. The zero-order chi connectivity index (χ0) is 15.2. The van der Waals surface area contributed by atoms with Crippen molar-refractivity contribution in [2.75, 3.05) is 11.9 Å². The van der Waals surface area contributed by atoms with Crippen LogP contribution in [0.3, 0.4) is 0 Å². The number of aryl methyl sites for hydroxylation is 1. The van der Waals surface area contributed by atoms with E-state index in [0.717, 1.165) is 11.3 Å². The van der Waals surface area contributed by atoms with E-state index in [1.54, 1.807) is 0 Å². The van der Waals surface area contributed by atoms with Crippen LogP contribution in [0.2, 0.25) is 0 Å². The Bertz CT molecular complexity index is 653. The molecular formula is C13H17IN6O2. The van der Waals surface area contributed by atoms with Gasteiger partial charge >= 0.3 is 5.69 Å². The van der Waals surface area contributed by atoms with E-state index in [9.17, 15) is 10.1 Å². The molecule has 2 rings (SSSR count). The maximum absolute atomic E-state index is 10.5. The number of hydrogen-bond donors (Lipinski definition) is 2. The smallest absolute Gasteiger partial charge is 0.306 e. The second-order valence-corrected chi connectivity index (χ2v) is 4.48. The van der Waals surface area contributed by atoms with Crippen molar-refractivity contribution < 1.29 is 4.92 Å². The second-order valence-electron chi connectivity index (χ2n) is 4.48. The predicted octanol–water partition coefficient (Wildman–Crippen LogP) is 2.14. The van der Waals surface area contributed by atoms with Crippen LogP contribution in [0.4, 0.5) is 11.4 Å². The number of guanidine groups is 1. The highest BCUT2D eigenvalue weighted by Gasteiger charge is 2.07. The standard InChI is InChI=1S/C13H16N6O2.HI/c1-10-2-4-11(5-3-10)17-13(14)15-6-7-18-9-12(8-16-18)19(20)21;/h2-5,8-9H,6-7H2,1H3,(H3,14,15,17);1H. The van der Waals surface area contributed by atoms with Crippen molar-refractivity contribution in [1.29, 1.82) is 0 Å². The number of nitrogens with one attached hydrogen (secondary N) is 1. The Morgan fingerprint density at radius 1 is 1.45 bits per heavy atom. The minimum atomic E-state index is -0.486. The lowest BCUT2D eigenvalue weighted by atomic mass is 10.2. The van der Waals surface area contributed by atoms with Crippen LogP contribution in [0, 0.1) is 17.0 Å². The summed E-state index contributed by atoms with van der Waals surface area (Å²) in [6, 6.07) is 7.76. The Balaban J connectivity index is 0.00000242. The number of nitrogens with two attached hydrogens (primary N) is 1. The summed E-state index contributed by atoms with van der Waals surface area (Å²) in [6.45, 7) is 2.80. The summed E-state index contributed by atoms with van der Waals surface area (Å²) in [7, 11) is 0. The molecule has 1 aromatic carbocycles. The molecule has 1 aromatic heterocycles. The molecule has 0 aliphatic rings. The maximum atomic E-state index is 10.5. The third kappa shape index (κ3) is 5.31. The van der Waals surface area contributed by atoms with E-state index in [2.05, 4.69) is 15.4 Å². The molecule has 0 saturated carbocycles. The van der Waals surface area contributed by atoms with Crippen LogP contribution in [-0.2, 0) is 6.54 Å². The van der Waals surface area contributed by atoms with Gasteiger partial charge in [-0.25, -0.2) is 0 Å². The Morgan fingerprint density at radius 3 is 2.73 bits per heavy atom. The van der Waals surface area contributed by atoms with Crippen molar-refractivity contribution in [3.05, 3.63) is 52.3 Å². The zero-order valence-corrected chi connectivity index (χ0v) is 14.3. The van der Waals surface area contributed by atoms with Crippen LogP contribution in [-0.4, -0.2) is 27.2 Å². The van der Waals surface area contributed by atoms with Gasteiger partial charge in [0.1, 0.15) is 12.4 Å². The Hall–Kier alpha value is -2.17. The summed E-state index contributed by atoms with van der Waals surface area (Å²) in [4.78, 5) is 14.2. The number of nitrogens with zero attached hydrogens (tertiary/aromatic N) is 4. The molecule has 3 N–H and O–H groups in total. The highest BCUT2D eigenvalue weighted by Crippen LogP contribution is 2.08. The number of aliphatic imine (C=N–C) groups is 1. The third-order valence-electron chi connectivity index (χ3n) is 2.77. The van der Waals surface area contributed by atoms with Crippen molar-refractivity contribution in [1.82, 2.24) is 9.78 Å². The number of hydrogen-bond acceptors (Lipinski definition) is 4. The largest absolute Gasteiger partial charge is 0.370 e. The lowest BCUT2D eigenvalue weighted by molar-refractivity contribution is -0.385. The fourth-order valence-electron chi connectivity index (χ4n) is 1.67. The quantitative estimate of drug-likeness (QED) is 0.255. The van der Waals surface area contributed by atoms with E-state index >= 15 is 0 Å². The van der Waals surface area contributed by atoms with Crippen molar-refractivity contribution >= 4 is 41.3 Å². The van der Waals surface area contributed by atoms with Crippen LogP contribution in [0.1, 0.15) is 5.56 Å². The molecule has 0 aliphatic carbocycles. The summed E-state index contributed by atoms with van der Waals surface area (Å²) in [5.41, 5.74) is 7.75. The first-order valence-electron chi connectivity index (χ1n) is 6.35. The molecule has 0 spiro atoms. The van der Waals surface area contributed by atoms with E-state index in [4.69, 9.17) is 5.73 Å². The molecule has 0 atom stereocenters. The van der Waals surface area contributed by atoms with Crippen molar-refractivity contribution in [2.45, 2.75) is 13.5 Å². The van der Waals surface area contributed by atoms with Gasteiger partial charge in [-0.05, 0) is 19.1 Å². The summed E-state index contributed by atoms with van der Waals surface area (Å²) in [6.07, 6.45) is 2.57. The average molecular weight is 416 g/mol. The van der Waals surface area contributed by atoms with Crippen LogP contribution >= 0.6 is 24.0 Å². The molecule has 118 valence electrons. The molecule has 2 aromatic rings. The van der Waals surface area contributed by atoms with Gasteiger partial charge in [0.25, 0.3) is 0 Å². The number of rotatable bonds is 5. The van der Waals surface area contributed by atoms with E-state index < -0.39 is 4.92 Å². The van der Waals surface area contributed by atoms with Gasteiger partial charge in [0.2, 0.25) is 0 Å². The predicted molar refractivity (Wildman–Crippen MR) is 95.6 cm³/mol. The normalized spacial score (nSPS) is 10.9. The van der Waals surface area contributed by atoms with E-state index in [0.29, 0.717) is 19.0 Å². The molecule has 0 amide bonds. The molecule has 0 bridgehead atoms. The van der Waals surface area contributed by atoms with Gasteiger partial charge in [-0.1, -0.05) is 17.7 Å². The number of anilines is 1. The van der Waals surface area contributed by atoms with Gasteiger partial charge in [-0.15, -0.1) is 24.0 Å². The summed E-state index contributed by atoms with van der Waals surface area (Å²) in [5.74, 6) is 0.292. The summed E-state index contributed by atoms with van der Waals surface area (Å²) in [5, 5.41) is 17.4. The molecule has 9 heteroatoms. The van der Waals surface area contributed by atoms with Crippen molar-refractivity contribution in [3.8, 4) is 0 Å². The van der Waals surface area contributed by atoms with E-state index in [1.165, 1.54) is 17.1 Å². The summed E-state index contributed by atoms with van der Waals surface area (Å²) < 4.78 is 1.46. The SMILES string of the molecule is Cc1ccc(NC(N)=NCCn2cc([N+](=O)[O-])cn2)cc1.I. The topological polar surface area (TPSA) is 111 Å². The lowest BCUT2D eigenvalue weighted by Crippen LogP contribution is -2.23. The lowest BCUT2D eigenvalue weighted by Gasteiger charge is -2.05. The van der Waals surface area contributed by atoms with Gasteiger partial charge in [-0.3, -0.25) is 19.8 Å². The monoisotopic (exact) mass is 416 g/mol. The van der Waals surface area contributed by atoms with Crippen LogP contribution in [0.25, 0.3) is 0 Å². The number of nitro groups is 1. The summed E-state index contributed by atoms with van der Waals surface area (Å²) >= 11 is 0. The molecular weight excluding hydrogens is 399 g/mol. The van der Waals surface area contributed by atoms with Crippen LogP contribution < -0.4 is 11.1 Å². The van der Waals surface area contributed by atoms with Gasteiger partial charge in [0.05, 0.1) is 18.0 Å². The van der Waals surface area contributed by atoms with Crippen LogP contribution in [0.5, 0.6) is 0 Å². The van der Waals surface area contributed by atoms with Gasteiger partial charge in [0.15, 0.2) is 5.96 Å². The molecule has 22 heavy (non-hydrogen) atoms. The second kappa shape index (κ2) is 8.32.